The first-order valence-corrected chi connectivity index (χ1v) is 10.1. The molecule has 1 atom stereocenters. The van der Waals surface area contributed by atoms with Gasteiger partial charge in [0.2, 0.25) is 0 Å². The molecule has 2 heterocycles. The summed E-state index contributed by atoms with van der Waals surface area (Å²) in [5.41, 5.74) is 2.50. The van der Waals surface area contributed by atoms with Gasteiger partial charge in [-0.2, -0.15) is 11.3 Å². The van der Waals surface area contributed by atoms with Crippen LogP contribution in [0.3, 0.4) is 0 Å². The molecular weight excluding hydrogens is 360 g/mol. The monoisotopic (exact) mass is 386 g/mol. The number of likely N-dealkylation sites (N-methyl/N-ethyl adjacent to an activating group) is 1. The van der Waals surface area contributed by atoms with Crippen LogP contribution in [-0.2, 0) is 0 Å². The van der Waals surface area contributed by atoms with Gasteiger partial charge in [-0.3, -0.25) is 9.69 Å². The minimum Gasteiger partial charge on any atom is -0.497 e. The Bertz CT molecular complexity index is 898. The molecule has 0 bridgehead atoms. The zero-order chi connectivity index (χ0) is 19.4. The molecule has 1 amide bonds. The molecule has 0 aliphatic heterocycles. The van der Waals surface area contributed by atoms with Gasteiger partial charge in [0.15, 0.2) is 0 Å². The summed E-state index contributed by atoms with van der Waals surface area (Å²) in [5.74, 6) is 1.20. The number of hydrogen-bond acceptors (Lipinski definition) is 5. The van der Waals surface area contributed by atoms with Gasteiger partial charge in [0.25, 0.3) is 5.91 Å². The fourth-order valence-corrected chi connectivity index (χ4v) is 4.18. The van der Waals surface area contributed by atoms with E-state index in [1.165, 1.54) is 5.56 Å². The number of carbonyl (C=O) groups excluding carboxylic acids is 1. The van der Waals surface area contributed by atoms with E-state index in [4.69, 9.17) is 9.15 Å². The second-order valence-electron chi connectivity index (χ2n) is 6.40. The maximum Gasteiger partial charge on any atom is 0.255 e. The lowest BCUT2D eigenvalue weighted by atomic mass is 10.1. The van der Waals surface area contributed by atoms with Gasteiger partial charge in [-0.05, 0) is 60.6 Å². The van der Waals surface area contributed by atoms with Crippen molar-refractivity contribution in [2.24, 2.45) is 0 Å². The highest BCUT2D eigenvalue weighted by Gasteiger charge is 2.23. The SMILES string of the molecule is CCN(CC)C(CNC(=O)c1c(C)oc2ccc(OC)cc12)c1ccsc1. The zero-order valence-corrected chi connectivity index (χ0v) is 17.1. The highest BCUT2D eigenvalue weighted by molar-refractivity contribution is 7.07. The Hall–Kier alpha value is -2.31. The molecule has 1 unspecified atom stereocenters. The molecule has 3 aromatic rings. The molecule has 1 aromatic carbocycles. The third-order valence-corrected chi connectivity index (χ3v) is 5.64. The number of thiophene rings is 1. The fourth-order valence-electron chi connectivity index (χ4n) is 3.47. The molecule has 0 fully saturated rings. The van der Waals surface area contributed by atoms with Gasteiger partial charge in [0.1, 0.15) is 17.1 Å². The predicted octanol–water partition coefficient (Wildman–Crippen LogP) is 4.62. The summed E-state index contributed by atoms with van der Waals surface area (Å²) in [4.78, 5) is 15.3. The third-order valence-electron chi connectivity index (χ3n) is 4.94. The lowest BCUT2D eigenvalue weighted by Gasteiger charge is -2.29. The molecular formula is C21H26N2O3S. The van der Waals surface area contributed by atoms with Gasteiger partial charge in [-0.25, -0.2) is 0 Å². The average Bonchev–Trinajstić information content (AvgIpc) is 3.31. The van der Waals surface area contributed by atoms with Crippen LogP contribution in [0.4, 0.5) is 0 Å². The van der Waals surface area contributed by atoms with Crippen molar-refractivity contribution in [1.29, 1.82) is 0 Å². The number of amides is 1. The Morgan fingerprint density at radius 1 is 1.30 bits per heavy atom. The van der Waals surface area contributed by atoms with Crippen molar-refractivity contribution in [3.05, 3.63) is 51.9 Å². The first-order valence-electron chi connectivity index (χ1n) is 9.20. The molecule has 2 aromatic heterocycles. The van der Waals surface area contributed by atoms with Gasteiger partial charge < -0.3 is 14.5 Å². The smallest absolute Gasteiger partial charge is 0.255 e. The second-order valence-corrected chi connectivity index (χ2v) is 7.18. The summed E-state index contributed by atoms with van der Waals surface area (Å²) >= 11 is 1.68. The first-order chi connectivity index (χ1) is 13.1. The fraction of sp³-hybridized carbons (Fsp3) is 0.381. The lowest BCUT2D eigenvalue weighted by molar-refractivity contribution is 0.0935. The molecule has 0 saturated heterocycles. The quantitative estimate of drug-likeness (QED) is 0.613. The lowest BCUT2D eigenvalue weighted by Crippen LogP contribution is -2.38. The number of nitrogens with one attached hydrogen (secondary N) is 1. The summed E-state index contributed by atoms with van der Waals surface area (Å²) in [6, 6.07) is 7.80. The van der Waals surface area contributed by atoms with Gasteiger partial charge in [-0.1, -0.05) is 13.8 Å². The Morgan fingerprint density at radius 3 is 2.70 bits per heavy atom. The Balaban J connectivity index is 1.84. The van der Waals surface area contributed by atoms with Crippen molar-refractivity contribution in [1.82, 2.24) is 10.2 Å². The number of aryl methyl sites for hydroxylation is 1. The topological polar surface area (TPSA) is 54.7 Å². The summed E-state index contributed by atoms with van der Waals surface area (Å²) < 4.78 is 11.1. The second kappa shape index (κ2) is 8.59. The number of ether oxygens (including phenoxy) is 1. The van der Waals surface area contributed by atoms with E-state index in [0.29, 0.717) is 29.2 Å². The van der Waals surface area contributed by atoms with E-state index in [1.807, 2.05) is 25.1 Å². The van der Waals surface area contributed by atoms with Gasteiger partial charge in [-0.15, -0.1) is 0 Å². The van der Waals surface area contributed by atoms with Crippen LogP contribution in [-0.4, -0.2) is 37.6 Å². The highest BCUT2D eigenvalue weighted by atomic mass is 32.1. The summed E-state index contributed by atoms with van der Waals surface area (Å²) in [6.07, 6.45) is 0. The molecule has 3 rings (SSSR count). The van der Waals surface area contributed by atoms with E-state index in [0.717, 1.165) is 18.5 Å². The van der Waals surface area contributed by atoms with E-state index in [9.17, 15) is 4.79 Å². The Labute approximate surface area is 163 Å². The van der Waals surface area contributed by atoms with Crippen LogP contribution < -0.4 is 10.1 Å². The van der Waals surface area contributed by atoms with Crippen molar-refractivity contribution in [3.63, 3.8) is 0 Å². The van der Waals surface area contributed by atoms with Crippen LogP contribution in [0.2, 0.25) is 0 Å². The van der Waals surface area contributed by atoms with Crippen LogP contribution >= 0.6 is 11.3 Å². The number of carbonyl (C=O) groups is 1. The Morgan fingerprint density at radius 2 is 2.07 bits per heavy atom. The Kier molecular flexibility index (Phi) is 6.19. The molecule has 27 heavy (non-hydrogen) atoms. The minimum atomic E-state index is -0.119. The molecule has 0 saturated carbocycles. The first kappa shape index (κ1) is 19.5. The molecule has 144 valence electrons. The largest absolute Gasteiger partial charge is 0.497 e. The standard InChI is InChI=1S/C21H26N2O3S/c1-5-23(6-2)18(15-9-10-27-13-15)12-22-21(24)20-14(3)26-19-8-7-16(25-4)11-17(19)20/h7-11,13,18H,5-6,12H2,1-4H3,(H,22,24). The molecule has 6 heteroatoms. The summed E-state index contributed by atoms with van der Waals surface area (Å²) in [5, 5.41) is 8.12. The van der Waals surface area contributed by atoms with Gasteiger partial charge in [0.05, 0.1) is 18.7 Å². The number of rotatable bonds is 8. The van der Waals surface area contributed by atoms with Crippen molar-refractivity contribution in [3.8, 4) is 5.75 Å². The maximum atomic E-state index is 13.0. The number of benzene rings is 1. The number of furan rings is 1. The van der Waals surface area contributed by atoms with Crippen molar-refractivity contribution < 1.29 is 13.9 Å². The molecule has 0 aliphatic carbocycles. The summed E-state index contributed by atoms with van der Waals surface area (Å²) in [7, 11) is 1.61. The molecule has 1 N–H and O–H groups in total. The van der Waals surface area contributed by atoms with Crippen LogP contribution in [0.25, 0.3) is 11.0 Å². The van der Waals surface area contributed by atoms with Crippen molar-refractivity contribution >= 4 is 28.2 Å². The van der Waals surface area contributed by atoms with Crippen molar-refractivity contribution in [2.75, 3.05) is 26.7 Å². The third kappa shape index (κ3) is 4.01. The zero-order valence-electron chi connectivity index (χ0n) is 16.2. The molecule has 0 aliphatic rings. The number of hydrogen-bond donors (Lipinski definition) is 1. The van der Waals surface area contributed by atoms with Crippen LogP contribution in [0.15, 0.2) is 39.4 Å². The molecule has 5 nitrogen and oxygen atoms in total. The van der Waals surface area contributed by atoms with Crippen LogP contribution in [0.1, 0.15) is 41.6 Å². The van der Waals surface area contributed by atoms with E-state index in [2.05, 4.69) is 40.9 Å². The van der Waals surface area contributed by atoms with Crippen molar-refractivity contribution in [2.45, 2.75) is 26.8 Å². The van der Waals surface area contributed by atoms with Crippen LogP contribution in [0.5, 0.6) is 5.75 Å². The number of methoxy groups -OCH3 is 1. The van der Waals surface area contributed by atoms with Gasteiger partial charge in [0, 0.05) is 11.9 Å². The average molecular weight is 387 g/mol. The van der Waals surface area contributed by atoms with E-state index in [1.54, 1.807) is 18.4 Å². The van der Waals surface area contributed by atoms with Crippen LogP contribution in [0, 0.1) is 6.92 Å². The van der Waals surface area contributed by atoms with Gasteiger partial charge >= 0.3 is 0 Å². The highest BCUT2D eigenvalue weighted by Crippen LogP contribution is 2.29. The number of nitrogens with zero attached hydrogens (tertiary/aromatic N) is 1. The maximum absolute atomic E-state index is 13.0. The summed E-state index contributed by atoms with van der Waals surface area (Å²) in [6.45, 7) is 8.51. The molecule has 0 radical (unpaired) electrons. The number of fused-ring (bicyclic) bond motifs is 1. The predicted molar refractivity (Wildman–Crippen MR) is 110 cm³/mol. The van der Waals surface area contributed by atoms with E-state index < -0.39 is 0 Å². The normalized spacial score (nSPS) is 12.5. The van der Waals surface area contributed by atoms with E-state index >= 15 is 0 Å². The van der Waals surface area contributed by atoms with E-state index in [-0.39, 0.29) is 11.9 Å². The molecule has 0 spiro atoms. The minimum absolute atomic E-state index is 0.119.